The van der Waals surface area contributed by atoms with Crippen LogP contribution in [0.15, 0.2) is 12.3 Å². The van der Waals surface area contributed by atoms with Crippen molar-refractivity contribution in [2.75, 3.05) is 13.1 Å². The highest BCUT2D eigenvalue weighted by Gasteiger charge is 2.05. The predicted octanol–water partition coefficient (Wildman–Crippen LogP) is 1.18. The number of carbonyl (C=O) groups is 1. The summed E-state index contributed by atoms with van der Waals surface area (Å²) in [6.45, 7) is 3.81. The molecule has 0 aromatic rings. The van der Waals surface area contributed by atoms with Crippen LogP contribution in [0.3, 0.4) is 0 Å². The smallest absolute Gasteiger partial charge is 0.154 e. The van der Waals surface area contributed by atoms with Crippen molar-refractivity contribution in [1.82, 2.24) is 4.90 Å². The number of hydrogen-bond donors (Lipinski definition) is 0. The van der Waals surface area contributed by atoms with Crippen molar-refractivity contribution < 1.29 is 4.79 Å². The molecule has 0 bridgehead atoms. The SMILES string of the molecule is CC(=O)C=CN1CCCC1. The van der Waals surface area contributed by atoms with Gasteiger partial charge in [-0.15, -0.1) is 0 Å². The van der Waals surface area contributed by atoms with E-state index in [1.54, 1.807) is 13.0 Å². The molecule has 0 aromatic carbocycles. The van der Waals surface area contributed by atoms with Crippen LogP contribution in [0, 0.1) is 0 Å². The molecule has 0 aromatic heterocycles. The second kappa shape index (κ2) is 3.40. The predicted molar refractivity (Wildman–Crippen MR) is 40.6 cm³/mol. The normalized spacial score (nSPS) is 18.7. The summed E-state index contributed by atoms with van der Waals surface area (Å²) >= 11 is 0. The van der Waals surface area contributed by atoms with E-state index in [1.807, 2.05) is 6.20 Å². The highest BCUT2D eigenvalue weighted by atomic mass is 16.1. The number of allylic oxidation sites excluding steroid dienone is 1. The van der Waals surface area contributed by atoms with Crippen molar-refractivity contribution >= 4 is 5.78 Å². The summed E-state index contributed by atoms with van der Waals surface area (Å²) in [6.07, 6.45) is 6.06. The molecule has 1 saturated heterocycles. The van der Waals surface area contributed by atoms with E-state index in [0.29, 0.717) is 0 Å². The summed E-state index contributed by atoms with van der Waals surface area (Å²) < 4.78 is 0. The molecule has 2 nitrogen and oxygen atoms in total. The first-order valence-electron chi connectivity index (χ1n) is 3.72. The van der Waals surface area contributed by atoms with Crippen molar-refractivity contribution in [2.24, 2.45) is 0 Å². The van der Waals surface area contributed by atoms with E-state index in [-0.39, 0.29) is 5.78 Å². The Kier molecular flexibility index (Phi) is 2.49. The molecule has 0 spiro atoms. The van der Waals surface area contributed by atoms with Gasteiger partial charge in [-0.3, -0.25) is 4.79 Å². The Morgan fingerprint density at radius 3 is 2.50 bits per heavy atom. The van der Waals surface area contributed by atoms with Crippen molar-refractivity contribution in [1.29, 1.82) is 0 Å². The van der Waals surface area contributed by atoms with Gasteiger partial charge in [0.05, 0.1) is 0 Å². The van der Waals surface area contributed by atoms with Gasteiger partial charge in [0, 0.05) is 19.3 Å². The maximum atomic E-state index is 10.5. The van der Waals surface area contributed by atoms with Gasteiger partial charge in [-0.2, -0.15) is 0 Å². The fourth-order valence-electron chi connectivity index (χ4n) is 1.10. The summed E-state index contributed by atoms with van der Waals surface area (Å²) in [4.78, 5) is 12.7. The Morgan fingerprint density at radius 1 is 1.40 bits per heavy atom. The largest absolute Gasteiger partial charge is 0.377 e. The lowest BCUT2D eigenvalue weighted by atomic mass is 10.4. The molecule has 10 heavy (non-hydrogen) atoms. The van der Waals surface area contributed by atoms with E-state index < -0.39 is 0 Å². The molecule has 1 heterocycles. The van der Waals surface area contributed by atoms with Crippen LogP contribution in [0.2, 0.25) is 0 Å². The zero-order valence-electron chi connectivity index (χ0n) is 6.34. The molecule has 0 unspecified atom stereocenters. The molecular formula is C8H13NO. The lowest BCUT2D eigenvalue weighted by molar-refractivity contribution is -0.112. The van der Waals surface area contributed by atoms with E-state index in [2.05, 4.69) is 4.90 Å². The number of nitrogens with zero attached hydrogens (tertiary/aromatic N) is 1. The Labute approximate surface area is 61.5 Å². The maximum absolute atomic E-state index is 10.5. The molecule has 1 aliphatic heterocycles. The van der Waals surface area contributed by atoms with Crippen molar-refractivity contribution in [3.63, 3.8) is 0 Å². The third-order valence-corrected chi connectivity index (χ3v) is 1.66. The van der Waals surface area contributed by atoms with E-state index in [0.717, 1.165) is 13.1 Å². The van der Waals surface area contributed by atoms with Crippen LogP contribution in [0.4, 0.5) is 0 Å². The van der Waals surface area contributed by atoms with Crippen LogP contribution < -0.4 is 0 Å². The van der Waals surface area contributed by atoms with Gasteiger partial charge >= 0.3 is 0 Å². The topological polar surface area (TPSA) is 20.3 Å². The van der Waals surface area contributed by atoms with Gasteiger partial charge in [0.2, 0.25) is 0 Å². The molecule has 56 valence electrons. The van der Waals surface area contributed by atoms with Crippen molar-refractivity contribution in [3.8, 4) is 0 Å². The molecule has 0 radical (unpaired) electrons. The van der Waals surface area contributed by atoms with Gasteiger partial charge in [0.1, 0.15) is 0 Å². The molecule has 0 atom stereocenters. The molecule has 1 aliphatic rings. The zero-order chi connectivity index (χ0) is 7.40. The van der Waals surface area contributed by atoms with E-state index >= 15 is 0 Å². The number of rotatable bonds is 2. The Bertz CT molecular complexity index is 145. The summed E-state index contributed by atoms with van der Waals surface area (Å²) in [7, 11) is 0. The van der Waals surface area contributed by atoms with Gasteiger partial charge in [0.25, 0.3) is 0 Å². The molecule has 1 fully saturated rings. The first-order chi connectivity index (χ1) is 4.79. The molecular weight excluding hydrogens is 126 g/mol. The van der Waals surface area contributed by atoms with E-state index in [4.69, 9.17) is 0 Å². The summed E-state index contributed by atoms with van der Waals surface area (Å²) in [5.74, 6) is 0.131. The van der Waals surface area contributed by atoms with Crippen LogP contribution in [0.25, 0.3) is 0 Å². The third-order valence-electron chi connectivity index (χ3n) is 1.66. The number of likely N-dealkylation sites (tertiary alicyclic amines) is 1. The molecule has 2 heteroatoms. The minimum Gasteiger partial charge on any atom is -0.377 e. The zero-order valence-corrected chi connectivity index (χ0v) is 6.34. The fraction of sp³-hybridized carbons (Fsp3) is 0.625. The Morgan fingerprint density at radius 2 is 2.00 bits per heavy atom. The van der Waals surface area contributed by atoms with Gasteiger partial charge in [-0.25, -0.2) is 0 Å². The lowest BCUT2D eigenvalue weighted by Crippen LogP contribution is -2.10. The third kappa shape index (κ3) is 2.21. The number of ketones is 1. The van der Waals surface area contributed by atoms with Crippen LogP contribution in [0.5, 0.6) is 0 Å². The quantitative estimate of drug-likeness (QED) is 0.535. The van der Waals surface area contributed by atoms with Crippen LogP contribution in [0.1, 0.15) is 19.8 Å². The van der Waals surface area contributed by atoms with E-state index in [1.165, 1.54) is 12.8 Å². The fourth-order valence-corrected chi connectivity index (χ4v) is 1.10. The van der Waals surface area contributed by atoms with Crippen LogP contribution in [-0.4, -0.2) is 23.8 Å². The summed E-state index contributed by atoms with van der Waals surface area (Å²) in [6, 6.07) is 0. The number of carbonyl (C=O) groups excluding carboxylic acids is 1. The van der Waals surface area contributed by atoms with Gasteiger partial charge in [0.15, 0.2) is 5.78 Å². The van der Waals surface area contributed by atoms with Gasteiger partial charge in [-0.1, -0.05) is 0 Å². The highest BCUT2D eigenvalue weighted by molar-refractivity contribution is 5.87. The van der Waals surface area contributed by atoms with Crippen molar-refractivity contribution in [3.05, 3.63) is 12.3 Å². The summed E-state index contributed by atoms with van der Waals surface area (Å²) in [5, 5.41) is 0. The van der Waals surface area contributed by atoms with Crippen LogP contribution in [-0.2, 0) is 4.79 Å². The average Bonchev–Trinajstić information content (AvgIpc) is 2.34. The first-order valence-corrected chi connectivity index (χ1v) is 3.72. The second-order valence-electron chi connectivity index (χ2n) is 2.67. The van der Waals surface area contributed by atoms with E-state index in [9.17, 15) is 4.79 Å². The monoisotopic (exact) mass is 139 g/mol. The number of hydrogen-bond acceptors (Lipinski definition) is 2. The standard InChI is InChI=1S/C8H13NO/c1-8(10)4-7-9-5-2-3-6-9/h4,7H,2-3,5-6H2,1H3. The van der Waals surface area contributed by atoms with Gasteiger partial charge < -0.3 is 4.90 Å². The average molecular weight is 139 g/mol. The molecule has 1 rings (SSSR count). The first kappa shape index (κ1) is 7.32. The van der Waals surface area contributed by atoms with Crippen molar-refractivity contribution in [2.45, 2.75) is 19.8 Å². The lowest BCUT2D eigenvalue weighted by Gasteiger charge is -2.08. The second-order valence-corrected chi connectivity index (χ2v) is 2.67. The molecule has 0 saturated carbocycles. The highest BCUT2D eigenvalue weighted by Crippen LogP contribution is 2.06. The molecule has 0 N–H and O–H groups in total. The molecule has 0 amide bonds. The molecule has 0 aliphatic carbocycles. The van der Waals surface area contributed by atoms with Gasteiger partial charge in [-0.05, 0) is 25.8 Å². The maximum Gasteiger partial charge on any atom is 0.154 e. The van der Waals surface area contributed by atoms with Crippen LogP contribution >= 0.6 is 0 Å². The Balaban J connectivity index is 2.29. The Hall–Kier alpha value is -0.790. The minimum absolute atomic E-state index is 0.131. The summed E-state index contributed by atoms with van der Waals surface area (Å²) in [5.41, 5.74) is 0. The minimum atomic E-state index is 0.131.